The molecule has 1 aromatic rings. The van der Waals surface area contributed by atoms with Gasteiger partial charge < -0.3 is 15.2 Å². The molecule has 166 valence electrons. The predicted molar refractivity (Wildman–Crippen MR) is 104 cm³/mol. The minimum atomic E-state index is -4.69. The molecule has 0 radical (unpaired) electrons. The fourth-order valence-electron chi connectivity index (χ4n) is 2.94. The zero-order valence-corrected chi connectivity index (χ0v) is 17.5. The number of carbonyl (C=O) groups excluding carboxylic acids is 3. The van der Waals surface area contributed by atoms with Crippen molar-refractivity contribution >= 4 is 29.3 Å². The van der Waals surface area contributed by atoms with Crippen LogP contribution in [0.2, 0.25) is 0 Å². The third-order valence-corrected chi connectivity index (χ3v) is 4.42. The van der Waals surface area contributed by atoms with Crippen LogP contribution >= 0.6 is 11.6 Å². The lowest BCUT2D eigenvalue weighted by Crippen LogP contribution is -2.36. The topological polar surface area (TPSA) is 95.7 Å². The Bertz CT molecular complexity index is 819. The van der Waals surface area contributed by atoms with Crippen molar-refractivity contribution in [2.45, 2.75) is 32.9 Å². The highest BCUT2D eigenvalue weighted by molar-refractivity contribution is 6.29. The van der Waals surface area contributed by atoms with E-state index in [2.05, 4.69) is 0 Å². The maximum atomic E-state index is 13.3. The molecule has 0 aromatic heterocycles. The van der Waals surface area contributed by atoms with E-state index in [0.29, 0.717) is 0 Å². The molecule has 2 atom stereocenters. The summed E-state index contributed by atoms with van der Waals surface area (Å²) in [7, 11) is 0. The van der Waals surface area contributed by atoms with Crippen LogP contribution in [0.1, 0.15) is 37.8 Å². The molecule has 0 aliphatic heterocycles. The molecule has 6 nitrogen and oxygen atoms in total. The van der Waals surface area contributed by atoms with Gasteiger partial charge in [0.25, 0.3) is 0 Å². The molecule has 0 heterocycles. The number of hydrogen-bond donors (Lipinski definition) is 1. The number of rotatable bonds is 9. The summed E-state index contributed by atoms with van der Waals surface area (Å²) in [5.41, 5.74) is 4.26. The molecule has 0 spiro atoms. The smallest absolute Gasteiger partial charge is 0.416 e. The van der Waals surface area contributed by atoms with Gasteiger partial charge in [0, 0.05) is 11.6 Å². The number of nitrogens with two attached hydrogens (primary N) is 1. The Morgan fingerprint density at radius 1 is 1.13 bits per heavy atom. The first-order valence-electron chi connectivity index (χ1n) is 9.05. The summed E-state index contributed by atoms with van der Waals surface area (Å²) < 4.78 is 49.7. The second kappa shape index (κ2) is 11.0. The van der Waals surface area contributed by atoms with Crippen molar-refractivity contribution in [2.24, 2.45) is 11.7 Å². The van der Waals surface area contributed by atoms with Gasteiger partial charge >= 0.3 is 18.1 Å². The van der Waals surface area contributed by atoms with Gasteiger partial charge in [-0.1, -0.05) is 18.2 Å². The van der Waals surface area contributed by atoms with Crippen LogP contribution in [0.5, 0.6) is 0 Å². The average molecular weight is 450 g/mol. The molecule has 30 heavy (non-hydrogen) atoms. The van der Waals surface area contributed by atoms with Crippen molar-refractivity contribution in [3.8, 4) is 0 Å². The monoisotopic (exact) mass is 449 g/mol. The lowest BCUT2D eigenvalue weighted by atomic mass is 9.77. The van der Waals surface area contributed by atoms with Gasteiger partial charge in [0.1, 0.15) is 5.92 Å². The quantitative estimate of drug-likeness (QED) is 0.268. The van der Waals surface area contributed by atoms with Crippen molar-refractivity contribution in [3.63, 3.8) is 0 Å². The van der Waals surface area contributed by atoms with E-state index in [4.69, 9.17) is 26.8 Å². The van der Waals surface area contributed by atoms with E-state index in [-0.39, 0.29) is 30.0 Å². The van der Waals surface area contributed by atoms with Crippen LogP contribution in [0.25, 0.3) is 0 Å². The fraction of sp³-hybridized carbons (Fsp3) is 0.450. The largest absolute Gasteiger partial charge is 0.465 e. The lowest BCUT2D eigenvalue weighted by Gasteiger charge is -2.27. The zero-order valence-electron chi connectivity index (χ0n) is 16.7. The first-order chi connectivity index (χ1) is 14.0. The Balaban J connectivity index is 3.83. The van der Waals surface area contributed by atoms with E-state index in [0.717, 1.165) is 18.2 Å². The number of ketones is 1. The normalized spacial score (nSPS) is 14.4. The third kappa shape index (κ3) is 6.22. The third-order valence-electron chi connectivity index (χ3n) is 4.16. The number of ether oxygens (including phenoxy) is 2. The number of esters is 2. The van der Waals surface area contributed by atoms with E-state index in [9.17, 15) is 27.6 Å². The SMILES string of the molecule is CCOC(=O)/C(=C(\C)N)C(c1cccc(C(F)(F)F)c1)C(C(=O)CCl)C(=O)OCC. The molecule has 1 aromatic carbocycles. The predicted octanol–water partition coefficient (Wildman–Crippen LogP) is 3.57. The number of Topliss-reactive ketones (excluding diaryl/α,β-unsaturated/α-hetero) is 1. The Hall–Kier alpha value is -2.55. The molecule has 2 N–H and O–H groups in total. The number of alkyl halides is 4. The summed E-state index contributed by atoms with van der Waals surface area (Å²) in [6, 6.07) is 3.94. The number of allylic oxidation sites excluding steroid dienone is 1. The van der Waals surface area contributed by atoms with Crippen LogP contribution in [-0.2, 0) is 30.0 Å². The van der Waals surface area contributed by atoms with Crippen LogP contribution in [0.15, 0.2) is 35.5 Å². The number of carbonyl (C=O) groups is 3. The summed E-state index contributed by atoms with van der Waals surface area (Å²) in [6.07, 6.45) is -4.69. The van der Waals surface area contributed by atoms with Crippen LogP contribution in [-0.4, -0.2) is 36.8 Å². The molecular formula is C20H23ClF3NO5. The van der Waals surface area contributed by atoms with Crippen molar-refractivity contribution in [1.82, 2.24) is 0 Å². The molecule has 0 aliphatic rings. The second-order valence-corrected chi connectivity index (χ2v) is 6.51. The molecule has 0 amide bonds. The van der Waals surface area contributed by atoms with Gasteiger partial charge in [-0.15, -0.1) is 11.6 Å². The van der Waals surface area contributed by atoms with E-state index in [1.165, 1.54) is 26.8 Å². The lowest BCUT2D eigenvalue weighted by molar-refractivity contribution is -0.151. The Morgan fingerprint density at radius 2 is 1.73 bits per heavy atom. The molecular weight excluding hydrogens is 427 g/mol. The summed E-state index contributed by atoms with van der Waals surface area (Å²) in [5, 5.41) is 0. The molecule has 2 unspecified atom stereocenters. The highest BCUT2D eigenvalue weighted by Crippen LogP contribution is 2.38. The maximum absolute atomic E-state index is 13.3. The summed E-state index contributed by atoms with van der Waals surface area (Å²) in [6.45, 7) is 4.18. The van der Waals surface area contributed by atoms with Crippen molar-refractivity contribution in [1.29, 1.82) is 0 Å². The summed E-state index contributed by atoms with van der Waals surface area (Å²) in [4.78, 5) is 37.8. The van der Waals surface area contributed by atoms with Crippen LogP contribution in [0.3, 0.4) is 0 Å². The van der Waals surface area contributed by atoms with Gasteiger partial charge in [-0.05, 0) is 32.4 Å². The van der Waals surface area contributed by atoms with E-state index in [1.807, 2.05) is 0 Å². The molecule has 0 bridgehead atoms. The number of benzene rings is 1. The Labute approximate surface area is 177 Å². The highest BCUT2D eigenvalue weighted by atomic mass is 35.5. The summed E-state index contributed by atoms with van der Waals surface area (Å²) in [5.74, 6) is -6.63. The standard InChI is InChI=1S/C20H23ClF3NO5/c1-4-29-18(27)15(11(3)25)16(17(14(26)10-21)19(28)30-5-2)12-7-6-8-13(9-12)20(22,23)24/h6-9,16-17H,4-5,10,25H2,1-3H3/b15-11+. The fourth-order valence-corrected chi connectivity index (χ4v) is 3.11. The van der Waals surface area contributed by atoms with Gasteiger partial charge in [0.2, 0.25) is 0 Å². The molecule has 10 heteroatoms. The van der Waals surface area contributed by atoms with Gasteiger partial charge in [0.05, 0.1) is 30.2 Å². The van der Waals surface area contributed by atoms with Crippen LogP contribution in [0, 0.1) is 5.92 Å². The highest BCUT2D eigenvalue weighted by Gasteiger charge is 2.42. The summed E-state index contributed by atoms with van der Waals surface area (Å²) >= 11 is 5.65. The van der Waals surface area contributed by atoms with Gasteiger partial charge in [-0.25, -0.2) is 4.79 Å². The minimum absolute atomic E-state index is 0.0571. The van der Waals surface area contributed by atoms with E-state index >= 15 is 0 Å². The maximum Gasteiger partial charge on any atom is 0.416 e. The molecule has 1 rings (SSSR count). The second-order valence-electron chi connectivity index (χ2n) is 6.25. The van der Waals surface area contributed by atoms with Gasteiger partial charge in [-0.2, -0.15) is 13.2 Å². The van der Waals surface area contributed by atoms with E-state index < -0.39 is 47.2 Å². The number of halogens is 4. The van der Waals surface area contributed by atoms with Crippen LogP contribution in [0.4, 0.5) is 13.2 Å². The molecule has 0 fully saturated rings. The van der Waals surface area contributed by atoms with Gasteiger partial charge in [0.15, 0.2) is 5.78 Å². The van der Waals surface area contributed by atoms with Crippen molar-refractivity contribution < 1.29 is 37.0 Å². The zero-order chi connectivity index (χ0) is 23.1. The van der Waals surface area contributed by atoms with Crippen molar-refractivity contribution in [3.05, 3.63) is 46.7 Å². The van der Waals surface area contributed by atoms with Crippen molar-refractivity contribution in [2.75, 3.05) is 19.1 Å². The van der Waals surface area contributed by atoms with Crippen LogP contribution < -0.4 is 5.73 Å². The van der Waals surface area contributed by atoms with E-state index in [1.54, 1.807) is 0 Å². The minimum Gasteiger partial charge on any atom is -0.465 e. The average Bonchev–Trinajstić information content (AvgIpc) is 2.66. The molecule has 0 saturated carbocycles. The molecule has 0 aliphatic carbocycles. The Kier molecular flexibility index (Phi) is 9.35. The number of hydrogen-bond acceptors (Lipinski definition) is 6. The Morgan fingerprint density at radius 3 is 2.20 bits per heavy atom. The first kappa shape index (κ1) is 25.5. The van der Waals surface area contributed by atoms with Gasteiger partial charge in [-0.3, -0.25) is 9.59 Å². The molecule has 0 saturated heterocycles. The first-order valence-corrected chi connectivity index (χ1v) is 9.58.